The van der Waals surface area contributed by atoms with Crippen LogP contribution < -0.4 is 20.3 Å². The lowest BCUT2D eigenvalue weighted by atomic mass is 10.2. The molecule has 0 bridgehead atoms. The third kappa shape index (κ3) is 6.20. The van der Waals surface area contributed by atoms with Crippen LogP contribution in [0.15, 0.2) is 64.1 Å². The Labute approximate surface area is 213 Å². The van der Waals surface area contributed by atoms with Gasteiger partial charge < -0.3 is 14.6 Å². The van der Waals surface area contributed by atoms with E-state index in [1.807, 2.05) is 18.7 Å². The van der Waals surface area contributed by atoms with Crippen molar-refractivity contribution in [3.63, 3.8) is 0 Å². The third-order valence-electron chi connectivity index (χ3n) is 4.78. The number of hydrogen-bond acceptors (Lipinski definition) is 6. The summed E-state index contributed by atoms with van der Waals surface area (Å²) >= 11 is 17.4. The van der Waals surface area contributed by atoms with E-state index >= 15 is 0 Å². The Kier molecular flexibility index (Phi) is 8.42. The zero-order valence-corrected chi connectivity index (χ0v) is 21.4. The zero-order valence-electron chi connectivity index (χ0n) is 18.3. The molecule has 2 aromatic carbocycles. The fraction of sp³-hybridized carbons (Fsp3) is 0.182. The van der Waals surface area contributed by atoms with Crippen LogP contribution in [0.3, 0.4) is 0 Å². The van der Waals surface area contributed by atoms with Crippen LogP contribution in [-0.4, -0.2) is 32.5 Å². The van der Waals surface area contributed by atoms with Crippen LogP contribution in [0.2, 0.25) is 10.0 Å². The highest BCUT2D eigenvalue weighted by Gasteiger charge is 2.20. The number of rotatable bonds is 8. The van der Waals surface area contributed by atoms with Gasteiger partial charge in [0.05, 0.1) is 33.2 Å². The molecule has 1 amide bonds. The van der Waals surface area contributed by atoms with Gasteiger partial charge in [0.25, 0.3) is 15.9 Å². The molecule has 3 rings (SSSR count). The second kappa shape index (κ2) is 11.1. The van der Waals surface area contributed by atoms with Crippen molar-refractivity contribution in [2.24, 2.45) is 0 Å². The molecule has 0 aliphatic carbocycles. The van der Waals surface area contributed by atoms with Gasteiger partial charge in [0, 0.05) is 18.1 Å². The molecule has 180 valence electrons. The first-order valence-corrected chi connectivity index (χ1v) is 12.8. The van der Waals surface area contributed by atoms with Gasteiger partial charge in [-0.15, -0.1) is 0 Å². The first-order valence-electron chi connectivity index (χ1n) is 10.2. The summed E-state index contributed by atoms with van der Waals surface area (Å²) in [6.45, 7) is 5.27. The Balaban J connectivity index is 1.92. The second-order valence-electron chi connectivity index (χ2n) is 6.97. The lowest BCUT2D eigenvalue weighted by molar-refractivity contribution is 0.0950. The summed E-state index contributed by atoms with van der Waals surface area (Å²) in [6, 6.07) is 12.1. The van der Waals surface area contributed by atoms with E-state index in [2.05, 4.69) is 15.4 Å². The van der Waals surface area contributed by atoms with Gasteiger partial charge in [-0.1, -0.05) is 23.2 Å². The molecule has 34 heavy (non-hydrogen) atoms. The van der Waals surface area contributed by atoms with Crippen LogP contribution in [0.4, 0.5) is 17.1 Å². The maximum absolute atomic E-state index is 13.1. The van der Waals surface area contributed by atoms with E-state index in [4.69, 9.17) is 39.8 Å². The second-order valence-corrected chi connectivity index (χ2v) is 9.90. The van der Waals surface area contributed by atoms with Crippen molar-refractivity contribution < 1.29 is 17.6 Å². The average Bonchev–Trinajstić information content (AvgIpc) is 3.33. The SMILES string of the molecule is CCN(CC)c1ccc(S(=O)(=O)Nc2cc(Cl)ccc2Cl)cc1NC(=S)NC(=O)c1ccco1. The summed E-state index contributed by atoms with van der Waals surface area (Å²) in [4.78, 5) is 14.2. The van der Waals surface area contributed by atoms with Crippen molar-refractivity contribution in [3.05, 3.63) is 70.6 Å². The molecule has 0 spiro atoms. The molecule has 12 heteroatoms. The Morgan fingerprint density at radius 2 is 1.79 bits per heavy atom. The summed E-state index contributed by atoms with van der Waals surface area (Å²) in [5.41, 5.74) is 1.26. The normalized spacial score (nSPS) is 11.1. The summed E-state index contributed by atoms with van der Waals surface area (Å²) in [5.74, 6) is -0.444. The quantitative estimate of drug-likeness (QED) is 0.330. The van der Waals surface area contributed by atoms with Crippen molar-refractivity contribution in [1.29, 1.82) is 0 Å². The van der Waals surface area contributed by atoms with E-state index in [0.29, 0.717) is 29.5 Å². The van der Waals surface area contributed by atoms with Gasteiger partial charge in [-0.3, -0.25) is 14.8 Å². The van der Waals surface area contributed by atoms with Gasteiger partial charge >= 0.3 is 0 Å². The molecule has 0 saturated carbocycles. The molecule has 3 aromatic rings. The largest absolute Gasteiger partial charge is 0.459 e. The van der Waals surface area contributed by atoms with Crippen molar-refractivity contribution in [3.8, 4) is 0 Å². The molecule has 0 unspecified atom stereocenters. The first-order chi connectivity index (χ1) is 16.1. The molecule has 3 N–H and O–H groups in total. The minimum Gasteiger partial charge on any atom is -0.459 e. The van der Waals surface area contributed by atoms with Crippen molar-refractivity contribution in [2.45, 2.75) is 18.7 Å². The molecule has 0 atom stereocenters. The number of nitrogens with one attached hydrogen (secondary N) is 3. The van der Waals surface area contributed by atoms with Gasteiger partial charge in [0.2, 0.25) is 0 Å². The molecule has 0 aliphatic heterocycles. The Morgan fingerprint density at radius 3 is 2.44 bits per heavy atom. The van der Waals surface area contributed by atoms with Crippen LogP contribution in [0.5, 0.6) is 0 Å². The number of hydrogen-bond donors (Lipinski definition) is 3. The molecule has 1 heterocycles. The lowest BCUT2D eigenvalue weighted by Gasteiger charge is -2.25. The number of carbonyl (C=O) groups excluding carboxylic acids is 1. The van der Waals surface area contributed by atoms with Crippen molar-refractivity contribution in [2.75, 3.05) is 28.0 Å². The highest BCUT2D eigenvalue weighted by Crippen LogP contribution is 2.32. The summed E-state index contributed by atoms with van der Waals surface area (Å²) in [7, 11) is -4.02. The molecule has 0 radical (unpaired) electrons. The van der Waals surface area contributed by atoms with Crippen LogP contribution >= 0.6 is 35.4 Å². The molecule has 0 aliphatic rings. The maximum Gasteiger partial charge on any atom is 0.293 e. The predicted octanol–water partition coefficient (Wildman–Crippen LogP) is 5.36. The third-order valence-corrected chi connectivity index (χ3v) is 6.91. The van der Waals surface area contributed by atoms with Crippen molar-refractivity contribution >= 4 is 73.5 Å². The van der Waals surface area contributed by atoms with Crippen LogP contribution in [0, 0.1) is 0 Å². The highest BCUT2D eigenvalue weighted by molar-refractivity contribution is 7.92. The summed E-state index contributed by atoms with van der Waals surface area (Å²) in [5, 5.41) is 5.96. The molecule has 8 nitrogen and oxygen atoms in total. The average molecular weight is 541 g/mol. The standard InChI is InChI=1S/C22H22Cl2N4O4S2/c1-3-28(4-2)19-10-8-15(34(30,31)27-17-12-14(23)7-9-16(17)24)13-18(19)25-22(33)26-21(29)20-6-5-11-32-20/h5-13,27H,3-4H2,1-2H3,(H2,25,26,29,33). The number of furan rings is 1. The summed E-state index contributed by atoms with van der Waals surface area (Å²) in [6.07, 6.45) is 1.37. The lowest BCUT2D eigenvalue weighted by Crippen LogP contribution is -2.34. The Bertz CT molecular complexity index is 1290. The fourth-order valence-corrected chi connectivity index (χ4v) is 4.82. The van der Waals surface area contributed by atoms with Gasteiger partial charge in [-0.05, 0) is 74.6 Å². The molecular formula is C22H22Cl2N4O4S2. The Morgan fingerprint density at radius 1 is 1.06 bits per heavy atom. The molecular weight excluding hydrogens is 519 g/mol. The van der Waals surface area contributed by atoms with Crippen LogP contribution in [0.1, 0.15) is 24.4 Å². The molecule has 1 aromatic heterocycles. The topological polar surface area (TPSA) is 104 Å². The number of sulfonamides is 1. The number of halogens is 2. The summed E-state index contributed by atoms with van der Waals surface area (Å²) < 4.78 is 33.7. The van der Waals surface area contributed by atoms with Crippen LogP contribution in [0.25, 0.3) is 0 Å². The highest BCUT2D eigenvalue weighted by atomic mass is 35.5. The van der Waals surface area contributed by atoms with E-state index in [1.165, 1.54) is 36.6 Å². The number of amides is 1. The van der Waals surface area contributed by atoms with Gasteiger partial charge in [0.15, 0.2) is 10.9 Å². The number of nitrogens with zero attached hydrogens (tertiary/aromatic N) is 1. The minimum absolute atomic E-state index is 0.0183. The predicted molar refractivity (Wildman–Crippen MR) is 140 cm³/mol. The van der Waals surface area contributed by atoms with Gasteiger partial charge in [0.1, 0.15) is 0 Å². The van der Waals surface area contributed by atoms with Crippen LogP contribution in [-0.2, 0) is 10.0 Å². The van der Waals surface area contributed by atoms with E-state index in [-0.39, 0.29) is 26.5 Å². The van der Waals surface area contributed by atoms with Gasteiger partial charge in [-0.2, -0.15) is 0 Å². The van der Waals surface area contributed by atoms with Crippen molar-refractivity contribution in [1.82, 2.24) is 5.32 Å². The minimum atomic E-state index is -4.02. The maximum atomic E-state index is 13.1. The van der Waals surface area contributed by atoms with Gasteiger partial charge in [-0.25, -0.2) is 8.42 Å². The fourth-order valence-electron chi connectivity index (χ4n) is 3.13. The number of thiocarbonyl (C=S) groups is 1. The first kappa shape index (κ1) is 25.8. The number of anilines is 3. The monoisotopic (exact) mass is 540 g/mol. The smallest absolute Gasteiger partial charge is 0.293 e. The van der Waals surface area contributed by atoms with E-state index in [0.717, 1.165) is 0 Å². The molecule has 0 saturated heterocycles. The van der Waals surface area contributed by atoms with E-state index < -0.39 is 15.9 Å². The number of benzene rings is 2. The van der Waals surface area contributed by atoms with E-state index in [1.54, 1.807) is 18.2 Å². The molecule has 0 fully saturated rings. The number of carbonyl (C=O) groups is 1. The van der Waals surface area contributed by atoms with E-state index in [9.17, 15) is 13.2 Å². The Hall–Kier alpha value is -2.79. The zero-order chi connectivity index (χ0) is 24.9.